The standard InChI is InChI=1S/C16H22ClNO2/c1-16(15(19)20-2,12-7-6-8-13(17)11-12)18-14-9-4-3-5-10-14/h6-8,11,14,18H,3-5,9-10H2,1-2H3. The molecule has 0 heterocycles. The summed E-state index contributed by atoms with van der Waals surface area (Å²) in [4.78, 5) is 12.3. The molecular weight excluding hydrogens is 274 g/mol. The summed E-state index contributed by atoms with van der Waals surface area (Å²) in [6, 6.07) is 7.77. The molecule has 3 nitrogen and oxygen atoms in total. The van der Waals surface area contributed by atoms with Gasteiger partial charge in [0.25, 0.3) is 0 Å². The highest BCUT2D eigenvalue weighted by Crippen LogP contribution is 2.28. The van der Waals surface area contributed by atoms with E-state index in [4.69, 9.17) is 16.3 Å². The minimum atomic E-state index is -0.846. The van der Waals surface area contributed by atoms with Crippen molar-refractivity contribution in [2.75, 3.05) is 7.11 Å². The Morgan fingerprint density at radius 1 is 1.35 bits per heavy atom. The number of benzene rings is 1. The van der Waals surface area contributed by atoms with E-state index in [1.807, 2.05) is 31.2 Å². The number of esters is 1. The van der Waals surface area contributed by atoms with Crippen LogP contribution in [0.3, 0.4) is 0 Å². The van der Waals surface area contributed by atoms with Crippen LogP contribution in [-0.2, 0) is 15.1 Å². The van der Waals surface area contributed by atoms with Crippen LogP contribution in [0, 0.1) is 0 Å². The highest BCUT2D eigenvalue weighted by Gasteiger charge is 2.38. The number of carbonyl (C=O) groups excluding carboxylic acids is 1. The molecule has 0 aromatic heterocycles. The van der Waals surface area contributed by atoms with Crippen molar-refractivity contribution >= 4 is 17.6 Å². The van der Waals surface area contributed by atoms with Crippen molar-refractivity contribution in [1.29, 1.82) is 0 Å². The Bertz CT molecular complexity index is 471. The first-order valence-corrected chi connectivity index (χ1v) is 7.56. The van der Waals surface area contributed by atoms with Gasteiger partial charge in [0.2, 0.25) is 0 Å². The van der Waals surface area contributed by atoms with Crippen LogP contribution < -0.4 is 5.32 Å². The predicted molar refractivity (Wildman–Crippen MR) is 80.8 cm³/mol. The zero-order chi connectivity index (χ0) is 14.6. The summed E-state index contributed by atoms with van der Waals surface area (Å²) in [7, 11) is 1.42. The van der Waals surface area contributed by atoms with Gasteiger partial charge in [-0.25, -0.2) is 4.79 Å². The quantitative estimate of drug-likeness (QED) is 0.862. The second-order valence-electron chi connectivity index (χ2n) is 5.61. The second-order valence-corrected chi connectivity index (χ2v) is 6.04. The van der Waals surface area contributed by atoms with Gasteiger partial charge in [-0.1, -0.05) is 43.0 Å². The predicted octanol–water partition coefficient (Wildman–Crippen LogP) is 3.65. The number of hydrogen-bond acceptors (Lipinski definition) is 3. The lowest BCUT2D eigenvalue weighted by atomic mass is 9.87. The first-order valence-electron chi connectivity index (χ1n) is 7.18. The maximum Gasteiger partial charge on any atom is 0.330 e. The third-order valence-electron chi connectivity index (χ3n) is 4.09. The second kappa shape index (κ2) is 6.59. The molecule has 1 N–H and O–H groups in total. The van der Waals surface area contributed by atoms with Gasteiger partial charge in [-0.2, -0.15) is 0 Å². The summed E-state index contributed by atoms with van der Waals surface area (Å²) >= 11 is 6.06. The van der Waals surface area contributed by atoms with E-state index in [9.17, 15) is 4.79 Å². The highest BCUT2D eigenvalue weighted by atomic mass is 35.5. The van der Waals surface area contributed by atoms with Gasteiger partial charge in [0.05, 0.1) is 7.11 Å². The topological polar surface area (TPSA) is 38.3 Å². The lowest BCUT2D eigenvalue weighted by Gasteiger charge is -2.35. The van der Waals surface area contributed by atoms with Crippen molar-refractivity contribution in [3.63, 3.8) is 0 Å². The average Bonchev–Trinajstić information content (AvgIpc) is 2.47. The molecule has 0 bridgehead atoms. The van der Waals surface area contributed by atoms with Crippen molar-refractivity contribution in [2.45, 2.75) is 50.6 Å². The van der Waals surface area contributed by atoms with Crippen LogP contribution >= 0.6 is 11.6 Å². The number of hydrogen-bond donors (Lipinski definition) is 1. The Hall–Kier alpha value is -1.06. The Balaban J connectivity index is 2.27. The molecule has 20 heavy (non-hydrogen) atoms. The van der Waals surface area contributed by atoms with Crippen LogP contribution in [0.4, 0.5) is 0 Å². The van der Waals surface area contributed by atoms with Gasteiger partial charge >= 0.3 is 5.97 Å². The minimum Gasteiger partial charge on any atom is -0.467 e. The SMILES string of the molecule is COC(=O)C(C)(NC1CCCCC1)c1cccc(Cl)c1. The van der Waals surface area contributed by atoms with E-state index in [2.05, 4.69) is 5.32 Å². The zero-order valence-corrected chi connectivity index (χ0v) is 12.9. The van der Waals surface area contributed by atoms with Gasteiger partial charge in [-0.15, -0.1) is 0 Å². The molecule has 1 atom stereocenters. The number of halogens is 1. The Labute approximate surface area is 125 Å². The molecule has 0 amide bonds. The van der Waals surface area contributed by atoms with Gasteiger partial charge in [0, 0.05) is 11.1 Å². The summed E-state index contributed by atoms with van der Waals surface area (Å²) in [6.07, 6.45) is 5.92. The fourth-order valence-corrected chi connectivity index (χ4v) is 3.11. The monoisotopic (exact) mass is 295 g/mol. The lowest BCUT2D eigenvalue weighted by molar-refractivity contribution is -0.148. The summed E-state index contributed by atoms with van der Waals surface area (Å²) in [5, 5.41) is 4.12. The molecule has 110 valence electrons. The molecule has 1 aliphatic rings. The molecule has 1 saturated carbocycles. The maximum atomic E-state index is 12.3. The zero-order valence-electron chi connectivity index (χ0n) is 12.1. The maximum absolute atomic E-state index is 12.3. The molecule has 2 rings (SSSR count). The van der Waals surface area contributed by atoms with E-state index in [-0.39, 0.29) is 5.97 Å². The third kappa shape index (κ3) is 3.33. The lowest BCUT2D eigenvalue weighted by Crippen LogP contribution is -2.52. The number of ether oxygens (including phenoxy) is 1. The van der Waals surface area contributed by atoms with Gasteiger partial charge in [0.1, 0.15) is 5.54 Å². The number of nitrogens with one attached hydrogen (secondary N) is 1. The average molecular weight is 296 g/mol. The van der Waals surface area contributed by atoms with E-state index in [0.29, 0.717) is 11.1 Å². The molecule has 4 heteroatoms. The van der Waals surface area contributed by atoms with Crippen molar-refractivity contribution in [3.05, 3.63) is 34.9 Å². The minimum absolute atomic E-state index is 0.273. The summed E-state index contributed by atoms with van der Waals surface area (Å²) < 4.78 is 5.01. The Kier molecular flexibility index (Phi) is 5.06. The highest BCUT2D eigenvalue weighted by molar-refractivity contribution is 6.30. The van der Waals surface area contributed by atoms with Crippen LogP contribution in [0.15, 0.2) is 24.3 Å². The molecule has 0 saturated heterocycles. The van der Waals surface area contributed by atoms with Crippen LogP contribution in [0.25, 0.3) is 0 Å². The first-order chi connectivity index (χ1) is 9.56. The molecule has 0 spiro atoms. The summed E-state index contributed by atoms with van der Waals surface area (Å²) in [6.45, 7) is 1.87. The number of methoxy groups -OCH3 is 1. The van der Waals surface area contributed by atoms with E-state index >= 15 is 0 Å². The Morgan fingerprint density at radius 2 is 2.05 bits per heavy atom. The molecule has 1 aromatic carbocycles. The van der Waals surface area contributed by atoms with Crippen LogP contribution in [0.1, 0.15) is 44.6 Å². The van der Waals surface area contributed by atoms with Crippen molar-refractivity contribution < 1.29 is 9.53 Å². The van der Waals surface area contributed by atoms with Crippen molar-refractivity contribution in [2.24, 2.45) is 0 Å². The van der Waals surface area contributed by atoms with Crippen molar-refractivity contribution in [3.8, 4) is 0 Å². The van der Waals surface area contributed by atoms with Crippen LogP contribution in [0.2, 0.25) is 5.02 Å². The van der Waals surface area contributed by atoms with Crippen molar-refractivity contribution in [1.82, 2.24) is 5.32 Å². The number of carbonyl (C=O) groups is 1. The van der Waals surface area contributed by atoms with Crippen LogP contribution in [0.5, 0.6) is 0 Å². The largest absolute Gasteiger partial charge is 0.467 e. The molecule has 1 aromatic rings. The summed E-state index contributed by atoms with van der Waals surface area (Å²) in [5.74, 6) is -0.273. The summed E-state index contributed by atoms with van der Waals surface area (Å²) in [5.41, 5.74) is 0.00389. The fourth-order valence-electron chi connectivity index (χ4n) is 2.92. The van der Waals surface area contributed by atoms with E-state index in [1.165, 1.54) is 26.4 Å². The smallest absolute Gasteiger partial charge is 0.330 e. The Morgan fingerprint density at radius 3 is 2.65 bits per heavy atom. The molecule has 0 radical (unpaired) electrons. The molecular formula is C16H22ClNO2. The van der Waals surface area contributed by atoms with Gasteiger partial charge < -0.3 is 4.74 Å². The van der Waals surface area contributed by atoms with E-state index in [0.717, 1.165) is 18.4 Å². The van der Waals surface area contributed by atoms with Crippen LogP contribution in [-0.4, -0.2) is 19.1 Å². The third-order valence-corrected chi connectivity index (χ3v) is 4.33. The fraction of sp³-hybridized carbons (Fsp3) is 0.562. The van der Waals surface area contributed by atoms with E-state index < -0.39 is 5.54 Å². The first kappa shape index (κ1) is 15.3. The van der Waals surface area contributed by atoms with Gasteiger partial charge in [-0.05, 0) is 37.5 Å². The normalized spacial score (nSPS) is 19.4. The van der Waals surface area contributed by atoms with Gasteiger partial charge in [-0.3, -0.25) is 5.32 Å². The molecule has 1 aliphatic carbocycles. The molecule has 1 unspecified atom stereocenters. The van der Waals surface area contributed by atoms with E-state index in [1.54, 1.807) is 0 Å². The van der Waals surface area contributed by atoms with Gasteiger partial charge in [0.15, 0.2) is 0 Å². The number of rotatable bonds is 4. The molecule has 0 aliphatic heterocycles. The molecule has 1 fully saturated rings.